The van der Waals surface area contributed by atoms with Crippen LogP contribution < -0.4 is 20.1 Å². The Labute approximate surface area is 214 Å². The van der Waals surface area contributed by atoms with Gasteiger partial charge in [0.05, 0.1) is 33.5 Å². The van der Waals surface area contributed by atoms with Crippen molar-refractivity contribution in [2.45, 2.75) is 33.5 Å². The van der Waals surface area contributed by atoms with Crippen molar-refractivity contribution >= 4 is 29.9 Å². The first-order valence-electron chi connectivity index (χ1n) is 11.4. The van der Waals surface area contributed by atoms with Gasteiger partial charge in [0.15, 0.2) is 17.5 Å². The van der Waals surface area contributed by atoms with Crippen LogP contribution in [0.5, 0.6) is 11.5 Å². The fourth-order valence-corrected chi connectivity index (χ4v) is 3.66. The minimum absolute atomic E-state index is 0. The SMILES string of the molecule is CCNC(=NCc1ccc(OC)c(OCC)c1)NCc1ccccc1CN1CCOCC1.I. The van der Waals surface area contributed by atoms with Crippen molar-refractivity contribution in [3.63, 3.8) is 0 Å². The predicted molar refractivity (Wildman–Crippen MR) is 144 cm³/mol. The number of rotatable bonds is 10. The molecule has 1 fully saturated rings. The lowest BCUT2D eigenvalue weighted by molar-refractivity contribution is 0.0341. The zero-order valence-corrected chi connectivity index (χ0v) is 22.3. The molecule has 8 heteroatoms. The molecule has 0 atom stereocenters. The van der Waals surface area contributed by atoms with E-state index in [2.05, 4.69) is 46.7 Å². The van der Waals surface area contributed by atoms with E-state index in [0.717, 1.165) is 69.0 Å². The molecule has 1 heterocycles. The Morgan fingerprint density at radius 3 is 2.48 bits per heavy atom. The number of methoxy groups -OCH3 is 1. The molecule has 0 aliphatic carbocycles. The van der Waals surface area contributed by atoms with Gasteiger partial charge in [0.25, 0.3) is 0 Å². The fraction of sp³-hybridized carbons (Fsp3) is 0.480. The van der Waals surface area contributed by atoms with Crippen LogP contribution in [-0.2, 0) is 24.4 Å². The molecule has 0 spiro atoms. The molecule has 0 aromatic heterocycles. The van der Waals surface area contributed by atoms with Gasteiger partial charge >= 0.3 is 0 Å². The summed E-state index contributed by atoms with van der Waals surface area (Å²) in [5.74, 6) is 2.28. The molecule has 3 rings (SSSR count). The van der Waals surface area contributed by atoms with Gasteiger partial charge in [-0.05, 0) is 42.7 Å². The van der Waals surface area contributed by atoms with Crippen LogP contribution in [0.25, 0.3) is 0 Å². The first kappa shape index (κ1) is 27.2. The highest BCUT2D eigenvalue weighted by molar-refractivity contribution is 14.0. The van der Waals surface area contributed by atoms with E-state index in [-0.39, 0.29) is 24.0 Å². The molecule has 33 heavy (non-hydrogen) atoms. The average Bonchev–Trinajstić information content (AvgIpc) is 2.83. The third kappa shape index (κ3) is 8.68. The van der Waals surface area contributed by atoms with Crippen LogP contribution in [0.1, 0.15) is 30.5 Å². The quantitative estimate of drug-likeness (QED) is 0.258. The fourth-order valence-electron chi connectivity index (χ4n) is 3.66. The number of halogens is 1. The van der Waals surface area contributed by atoms with Gasteiger partial charge in [-0.25, -0.2) is 4.99 Å². The van der Waals surface area contributed by atoms with Crippen molar-refractivity contribution < 1.29 is 14.2 Å². The van der Waals surface area contributed by atoms with Gasteiger partial charge in [-0.3, -0.25) is 4.90 Å². The van der Waals surface area contributed by atoms with E-state index in [1.807, 2.05) is 25.1 Å². The largest absolute Gasteiger partial charge is 0.493 e. The number of aliphatic imine (C=N–C) groups is 1. The Morgan fingerprint density at radius 2 is 1.79 bits per heavy atom. The van der Waals surface area contributed by atoms with E-state index in [1.165, 1.54) is 11.1 Å². The zero-order chi connectivity index (χ0) is 22.6. The highest BCUT2D eigenvalue weighted by Gasteiger charge is 2.13. The summed E-state index contributed by atoms with van der Waals surface area (Å²) in [5, 5.41) is 6.83. The lowest BCUT2D eigenvalue weighted by atomic mass is 10.1. The van der Waals surface area contributed by atoms with Gasteiger partial charge in [-0.15, -0.1) is 24.0 Å². The topological polar surface area (TPSA) is 67.4 Å². The van der Waals surface area contributed by atoms with Gasteiger partial charge in [-0.1, -0.05) is 30.3 Å². The minimum Gasteiger partial charge on any atom is -0.493 e. The zero-order valence-electron chi connectivity index (χ0n) is 19.9. The summed E-state index contributed by atoms with van der Waals surface area (Å²) in [4.78, 5) is 7.22. The van der Waals surface area contributed by atoms with Crippen LogP contribution in [0.15, 0.2) is 47.5 Å². The molecule has 0 saturated carbocycles. The third-order valence-electron chi connectivity index (χ3n) is 5.35. The lowest BCUT2D eigenvalue weighted by Crippen LogP contribution is -2.38. The summed E-state index contributed by atoms with van der Waals surface area (Å²) in [6, 6.07) is 14.5. The Balaban J connectivity index is 0.00000385. The van der Waals surface area contributed by atoms with Gasteiger partial charge in [0.1, 0.15) is 0 Å². The number of morpholine rings is 1. The molecule has 7 nitrogen and oxygen atoms in total. The van der Waals surface area contributed by atoms with E-state index in [1.54, 1.807) is 7.11 Å². The molecule has 2 aromatic carbocycles. The number of hydrogen-bond donors (Lipinski definition) is 2. The maximum Gasteiger partial charge on any atom is 0.191 e. The van der Waals surface area contributed by atoms with Crippen LogP contribution in [0.4, 0.5) is 0 Å². The Bertz CT molecular complexity index is 872. The van der Waals surface area contributed by atoms with Gasteiger partial charge in [-0.2, -0.15) is 0 Å². The molecule has 0 amide bonds. The Morgan fingerprint density at radius 1 is 1.03 bits per heavy atom. The molecular formula is C25H37IN4O3. The van der Waals surface area contributed by atoms with Gasteiger partial charge < -0.3 is 24.8 Å². The summed E-state index contributed by atoms with van der Waals surface area (Å²) in [5.41, 5.74) is 3.70. The summed E-state index contributed by atoms with van der Waals surface area (Å²) in [7, 11) is 1.65. The second-order valence-corrected chi connectivity index (χ2v) is 7.62. The van der Waals surface area contributed by atoms with Crippen molar-refractivity contribution in [3.8, 4) is 11.5 Å². The summed E-state index contributed by atoms with van der Waals surface area (Å²) in [6.45, 7) is 11.2. The van der Waals surface area contributed by atoms with Crippen molar-refractivity contribution in [1.29, 1.82) is 0 Å². The molecule has 2 aromatic rings. The predicted octanol–water partition coefficient (Wildman–Crippen LogP) is 3.80. The van der Waals surface area contributed by atoms with Crippen molar-refractivity contribution in [1.82, 2.24) is 15.5 Å². The second-order valence-electron chi connectivity index (χ2n) is 7.62. The normalized spacial score (nSPS) is 14.3. The molecule has 1 aliphatic heterocycles. The number of ether oxygens (including phenoxy) is 3. The second kappa shape index (κ2) is 15.0. The summed E-state index contributed by atoms with van der Waals surface area (Å²) < 4.78 is 16.5. The van der Waals surface area contributed by atoms with Crippen molar-refractivity contribution in [3.05, 3.63) is 59.2 Å². The minimum atomic E-state index is 0. The molecule has 0 bridgehead atoms. The van der Waals surface area contributed by atoms with Crippen LogP contribution in [-0.4, -0.2) is 57.4 Å². The van der Waals surface area contributed by atoms with Crippen LogP contribution in [0.3, 0.4) is 0 Å². The standard InChI is InChI=1S/C25H36N4O3.HI/c1-4-26-25(27-17-20-10-11-23(30-3)24(16-20)32-5-2)28-18-21-8-6-7-9-22(21)19-29-12-14-31-15-13-29;/h6-11,16H,4-5,12-15,17-19H2,1-3H3,(H2,26,27,28);1H. The monoisotopic (exact) mass is 568 g/mol. The third-order valence-corrected chi connectivity index (χ3v) is 5.35. The average molecular weight is 569 g/mol. The number of nitrogens with one attached hydrogen (secondary N) is 2. The van der Waals surface area contributed by atoms with E-state index in [0.29, 0.717) is 13.2 Å². The van der Waals surface area contributed by atoms with Gasteiger partial charge in [0, 0.05) is 32.7 Å². The first-order valence-corrected chi connectivity index (χ1v) is 11.4. The molecule has 182 valence electrons. The molecular weight excluding hydrogens is 531 g/mol. The molecule has 2 N–H and O–H groups in total. The van der Waals surface area contributed by atoms with Crippen molar-refractivity contribution in [2.24, 2.45) is 4.99 Å². The maximum atomic E-state index is 5.69. The van der Waals surface area contributed by atoms with Gasteiger partial charge in [0.2, 0.25) is 0 Å². The van der Waals surface area contributed by atoms with Crippen LogP contribution >= 0.6 is 24.0 Å². The van der Waals surface area contributed by atoms with E-state index in [9.17, 15) is 0 Å². The molecule has 1 aliphatic rings. The van der Waals surface area contributed by atoms with Crippen molar-refractivity contribution in [2.75, 3.05) is 46.6 Å². The first-order chi connectivity index (χ1) is 15.7. The van der Waals surface area contributed by atoms with Crippen LogP contribution in [0.2, 0.25) is 0 Å². The molecule has 0 radical (unpaired) electrons. The number of hydrogen-bond acceptors (Lipinski definition) is 5. The number of nitrogens with zero attached hydrogens (tertiary/aromatic N) is 2. The van der Waals surface area contributed by atoms with E-state index < -0.39 is 0 Å². The Kier molecular flexibility index (Phi) is 12.3. The molecule has 1 saturated heterocycles. The summed E-state index contributed by atoms with van der Waals surface area (Å²) >= 11 is 0. The number of guanidine groups is 1. The van der Waals surface area contributed by atoms with E-state index in [4.69, 9.17) is 19.2 Å². The van der Waals surface area contributed by atoms with E-state index >= 15 is 0 Å². The Hall–Kier alpha value is -2.04. The highest BCUT2D eigenvalue weighted by Crippen LogP contribution is 2.28. The smallest absolute Gasteiger partial charge is 0.191 e. The number of benzene rings is 2. The summed E-state index contributed by atoms with van der Waals surface area (Å²) in [6.07, 6.45) is 0. The maximum absolute atomic E-state index is 5.69. The highest BCUT2D eigenvalue weighted by atomic mass is 127. The van der Waals surface area contributed by atoms with Crippen LogP contribution in [0, 0.1) is 0 Å². The molecule has 0 unspecified atom stereocenters. The lowest BCUT2D eigenvalue weighted by Gasteiger charge is -2.27.